The van der Waals surface area contributed by atoms with Gasteiger partial charge in [-0.05, 0) is 23.1 Å². The molecule has 0 N–H and O–H groups in total. The van der Waals surface area contributed by atoms with E-state index in [2.05, 4.69) is 6.58 Å². The number of ketones is 1. The minimum atomic E-state index is -1.21. The molecular weight excluding hydrogens is 288 g/mol. The fraction of sp³-hybridized carbons (Fsp3) is 0.200. The quantitative estimate of drug-likeness (QED) is 0.623. The number of benzene rings is 2. The zero-order chi connectivity index (χ0) is 16.3. The van der Waals surface area contributed by atoms with Gasteiger partial charge in [0.25, 0.3) is 0 Å². The van der Waals surface area contributed by atoms with Gasteiger partial charge in [0.15, 0.2) is 11.2 Å². The molecule has 0 spiro atoms. The number of esters is 1. The molecule has 2 aromatic rings. The van der Waals surface area contributed by atoms with Gasteiger partial charge in [-0.3, -0.25) is 9.59 Å². The van der Waals surface area contributed by atoms with Crippen molar-refractivity contribution in [3.63, 3.8) is 0 Å². The minimum Gasteiger partial charge on any atom is -0.460 e. The lowest BCUT2D eigenvalue weighted by atomic mass is 9.61. The number of hydrogen-bond acceptors (Lipinski definition) is 3. The lowest BCUT2D eigenvalue weighted by Gasteiger charge is -2.39. The summed E-state index contributed by atoms with van der Waals surface area (Å²) in [5, 5.41) is 0. The van der Waals surface area contributed by atoms with E-state index in [9.17, 15) is 9.59 Å². The highest BCUT2D eigenvalue weighted by atomic mass is 16.5. The molecule has 0 heterocycles. The van der Waals surface area contributed by atoms with Crippen molar-refractivity contribution in [1.29, 1.82) is 0 Å². The zero-order valence-electron chi connectivity index (χ0n) is 12.8. The Morgan fingerprint density at radius 3 is 2.17 bits per heavy atom. The van der Waals surface area contributed by atoms with Crippen LogP contribution in [0.15, 0.2) is 67.2 Å². The zero-order valence-corrected chi connectivity index (χ0v) is 12.8. The summed E-state index contributed by atoms with van der Waals surface area (Å²) in [4.78, 5) is 24.9. The maximum Gasteiger partial charge on any atom is 0.324 e. The van der Waals surface area contributed by atoms with Gasteiger partial charge in [-0.15, -0.1) is 0 Å². The van der Waals surface area contributed by atoms with Crippen LogP contribution in [0, 0.1) is 5.41 Å². The molecule has 0 radical (unpaired) electrons. The number of rotatable bonds is 5. The Labute approximate surface area is 135 Å². The van der Waals surface area contributed by atoms with E-state index >= 15 is 0 Å². The highest BCUT2D eigenvalue weighted by Gasteiger charge is 2.55. The minimum absolute atomic E-state index is 0.107. The molecule has 0 saturated heterocycles. The summed E-state index contributed by atoms with van der Waals surface area (Å²) in [5.74, 6) is -0.601. The first-order chi connectivity index (χ1) is 11.1. The largest absolute Gasteiger partial charge is 0.460 e. The van der Waals surface area contributed by atoms with Crippen molar-refractivity contribution in [2.75, 3.05) is 0 Å². The van der Waals surface area contributed by atoms with Crippen LogP contribution >= 0.6 is 0 Å². The number of carbonyl (C=O) groups excluding carboxylic acids is 2. The Kier molecular flexibility index (Phi) is 4.11. The van der Waals surface area contributed by atoms with Crippen molar-refractivity contribution in [3.05, 3.63) is 78.4 Å². The SMILES string of the molecule is C=C(c1ccccc1)[C@]1(C(=O)OCc2ccccc2)CCC1=O. The first-order valence-corrected chi connectivity index (χ1v) is 7.64. The van der Waals surface area contributed by atoms with Gasteiger partial charge in [0.1, 0.15) is 6.61 Å². The molecule has 0 amide bonds. The van der Waals surface area contributed by atoms with Crippen LogP contribution in [0.2, 0.25) is 0 Å². The Balaban J connectivity index is 1.80. The van der Waals surface area contributed by atoms with Crippen molar-refractivity contribution in [3.8, 4) is 0 Å². The molecule has 3 rings (SSSR count). The Morgan fingerprint density at radius 2 is 1.65 bits per heavy atom. The lowest BCUT2D eigenvalue weighted by molar-refractivity contribution is -0.163. The average Bonchev–Trinajstić information content (AvgIpc) is 2.60. The van der Waals surface area contributed by atoms with Crippen LogP contribution in [0.25, 0.3) is 5.57 Å². The normalized spacial score (nSPS) is 19.7. The average molecular weight is 306 g/mol. The second-order valence-corrected chi connectivity index (χ2v) is 5.73. The molecular formula is C20H18O3. The van der Waals surface area contributed by atoms with E-state index in [-0.39, 0.29) is 12.4 Å². The third-order valence-corrected chi connectivity index (χ3v) is 4.40. The summed E-state index contributed by atoms with van der Waals surface area (Å²) >= 11 is 0. The first-order valence-electron chi connectivity index (χ1n) is 7.64. The first kappa shape index (κ1) is 15.2. The van der Waals surface area contributed by atoms with E-state index in [1.54, 1.807) is 0 Å². The topological polar surface area (TPSA) is 43.4 Å². The smallest absolute Gasteiger partial charge is 0.324 e. The van der Waals surface area contributed by atoms with E-state index in [4.69, 9.17) is 4.74 Å². The van der Waals surface area contributed by atoms with Crippen LogP contribution in [0.3, 0.4) is 0 Å². The standard InChI is InChI=1S/C20H18O3/c1-15(17-10-6-3-7-11-17)20(13-12-18(20)21)19(22)23-14-16-8-4-2-5-9-16/h2-11H,1,12-14H2/t20-/m1/s1. The van der Waals surface area contributed by atoms with Gasteiger partial charge in [-0.25, -0.2) is 0 Å². The summed E-state index contributed by atoms with van der Waals surface area (Å²) in [6.07, 6.45) is 0.861. The van der Waals surface area contributed by atoms with Gasteiger partial charge in [0, 0.05) is 6.42 Å². The Hall–Kier alpha value is -2.68. The number of carbonyl (C=O) groups is 2. The molecule has 116 valence electrons. The van der Waals surface area contributed by atoms with Gasteiger partial charge >= 0.3 is 5.97 Å². The van der Waals surface area contributed by atoms with Gasteiger partial charge < -0.3 is 4.74 Å². The van der Waals surface area contributed by atoms with Gasteiger partial charge in [0.2, 0.25) is 0 Å². The molecule has 2 aromatic carbocycles. The summed E-state index contributed by atoms with van der Waals surface area (Å²) in [5.41, 5.74) is 1.02. The highest BCUT2D eigenvalue weighted by molar-refractivity contribution is 6.18. The summed E-state index contributed by atoms with van der Waals surface area (Å²) in [7, 11) is 0. The van der Waals surface area contributed by atoms with Gasteiger partial charge in [-0.2, -0.15) is 0 Å². The number of Topliss-reactive ketones (excluding diaryl/α,β-unsaturated/α-hetero) is 1. The lowest BCUT2D eigenvalue weighted by Crippen LogP contribution is -2.49. The molecule has 1 fully saturated rings. The second kappa shape index (κ2) is 6.21. The molecule has 0 aliphatic heterocycles. The molecule has 1 aliphatic rings. The van der Waals surface area contributed by atoms with E-state index in [0.29, 0.717) is 18.4 Å². The van der Waals surface area contributed by atoms with Crippen molar-refractivity contribution in [2.24, 2.45) is 5.41 Å². The highest BCUT2D eigenvalue weighted by Crippen LogP contribution is 2.48. The molecule has 3 heteroatoms. The van der Waals surface area contributed by atoms with Crippen LogP contribution in [0.5, 0.6) is 0 Å². The third-order valence-electron chi connectivity index (χ3n) is 4.40. The molecule has 23 heavy (non-hydrogen) atoms. The van der Waals surface area contributed by atoms with Crippen LogP contribution in [0.1, 0.15) is 24.0 Å². The van der Waals surface area contributed by atoms with Crippen molar-refractivity contribution < 1.29 is 14.3 Å². The predicted molar refractivity (Wildman–Crippen MR) is 88.4 cm³/mol. The summed E-state index contributed by atoms with van der Waals surface area (Å²) in [6.45, 7) is 4.19. The third kappa shape index (κ3) is 2.70. The maximum absolute atomic E-state index is 12.6. The monoisotopic (exact) mass is 306 g/mol. The van der Waals surface area contributed by atoms with Crippen LogP contribution < -0.4 is 0 Å². The van der Waals surface area contributed by atoms with E-state index < -0.39 is 11.4 Å². The van der Waals surface area contributed by atoms with E-state index in [1.165, 1.54) is 0 Å². The molecule has 0 aromatic heterocycles. The molecule has 1 aliphatic carbocycles. The molecule has 0 bridgehead atoms. The van der Waals surface area contributed by atoms with Gasteiger partial charge in [-0.1, -0.05) is 67.2 Å². The van der Waals surface area contributed by atoms with E-state index in [1.807, 2.05) is 60.7 Å². The molecule has 0 unspecified atom stereocenters. The van der Waals surface area contributed by atoms with Crippen molar-refractivity contribution in [1.82, 2.24) is 0 Å². The Bertz CT molecular complexity index is 734. The fourth-order valence-electron chi connectivity index (χ4n) is 2.87. The van der Waals surface area contributed by atoms with E-state index in [0.717, 1.165) is 11.1 Å². The van der Waals surface area contributed by atoms with Gasteiger partial charge in [0.05, 0.1) is 0 Å². The summed E-state index contributed by atoms with van der Waals surface area (Å²) < 4.78 is 5.43. The second-order valence-electron chi connectivity index (χ2n) is 5.73. The van der Waals surface area contributed by atoms with Crippen LogP contribution in [-0.4, -0.2) is 11.8 Å². The van der Waals surface area contributed by atoms with Crippen molar-refractivity contribution in [2.45, 2.75) is 19.4 Å². The molecule has 1 atom stereocenters. The Morgan fingerprint density at radius 1 is 1.04 bits per heavy atom. The van der Waals surface area contributed by atoms with Crippen LogP contribution in [-0.2, 0) is 20.9 Å². The summed E-state index contributed by atoms with van der Waals surface area (Å²) in [6, 6.07) is 18.8. The molecule has 3 nitrogen and oxygen atoms in total. The van der Waals surface area contributed by atoms with Crippen LogP contribution in [0.4, 0.5) is 0 Å². The maximum atomic E-state index is 12.6. The number of ether oxygens (including phenoxy) is 1. The van der Waals surface area contributed by atoms with Crippen molar-refractivity contribution >= 4 is 17.3 Å². The predicted octanol–water partition coefficient (Wildman–Crippen LogP) is 3.79. The fourth-order valence-corrected chi connectivity index (χ4v) is 2.87. The number of hydrogen-bond donors (Lipinski definition) is 0. The molecule has 1 saturated carbocycles.